The van der Waals surface area contributed by atoms with Crippen LogP contribution in [0.5, 0.6) is 5.75 Å². The summed E-state index contributed by atoms with van der Waals surface area (Å²) in [5.74, 6) is -0.586. The number of carbonyl (C=O) groups is 2. The number of aromatic nitrogens is 3. The van der Waals surface area contributed by atoms with E-state index in [0.717, 1.165) is 18.5 Å². The van der Waals surface area contributed by atoms with Crippen molar-refractivity contribution >= 4 is 17.6 Å². The number of benzene rings is 1. The molecule has 0 saturated carbocycles. The van der Waals surface area contributed by atoms with Gasteiger partial charge in [-0.15, -0.1) is 23.8 Å². The molecule has 4 rings (SSSR count). The first-order chi connectivity index (χ1) is 19.2. The van der Waals surface area contributed by atoms with Gasteiger partial charge in [0, 0.05) is 37.7 Å². The second-order valence-corrected chi connectivity index (χ2v) is 8.80. The average Bonchev–Trinajstić information content (AvgIpc) is 3.40. The van der Waals surface area contributed by atoms with Crippen molar-refractivity contribution in [2.75, 3.05) is 18.9 Å². The lowest BCUT2D eigenvalue weighted by Crippen LogP contribution is -2.39. The SMILES string of the molecule is CNC(=O)C1=CN(CCCCc2ccc(NC(=O)Cc3cncc(-c4cccc(OC(F)(F)F)c4)c3)nn2)NN1. The Balaban J connectivity index is 1.24. The maximum Gasteiger partial charge on any atom is 0.573 e. The minimum atomic E-state index is -4.79. The van der Waals surface area contributed by atoms with Gasteiger partial charge < -0.3 is 15.4 Å². The third-order valence-corrected chi connectivity index (χ3v) is 5.72. The van der Waals surface area contributed by atoms with Crippen molar-refractivity contribution in [3.63, 3.8) is 0 Å². The molecular formula is C26H27F3N8O3. The summed E-state index contributed by atoms with van der Waals surface area (Å²) in [6.45, 7) is 0.692. The molecule has 0 unspecified atom stereocenters. The van der Waals surface area contributed by atoms with Crippen LogP contribution in [0.25, 0.3) is 11.1 Å². The second-order valence-electron chi connectivity index (χ2n) is 8.80. The van der Waals surface area contributed by atoms with E-state index in [1.807, 2.05) is 0 Å². The van der Waals surface area contributed by atoms with Crippen LogP contribution in [0.3, 0.4) is 0 Å². The molecule has 0 bridgehead atoms. The van der Waals surface area contributed by atoms with Crippen molar-refractivity contribution < 1.29 is 27.5 Å². The quantitative estimate of drug-likeness (QED) is 0.263. The number of aryl methyl sites for hydroxylation is 1. The monoisotopic (exact) mass is 556 g/mol. The molecule has 1 aliphatic rings. The summed E-state index contributed by atoms with van der Waals surface area (Å²) >= 11 is 0. The molecule has 4 N–H and O–H groups in total. The molecular weight excluding hydrogens is 529 g/mol. The first kappa shape index (κ1) is 28.3. The molecule has 3 heterocycles. The molecule has 2 amide bonds. The average molecular weight is 557 g/mol. The number of nitrogens with zero attached hydrogens (tertiary/aromatic N) is 4. The lowest BCUT2D eigenvalue weighted by atomic mass is 10.0. The molecule has 1 aliphatic heterocycles. The van der Waals surface area contributed by atoms with Crippen LogP contribution in [-0.4, -0.2) is 52.0 Å². The van der Waals surface area contributed by atoms with Gasteiger partial charge in [-0.3, -0.25) is 25.0 Å². The van der Waals surface area contributed by atoms with Gasteiger partial charge >= 0.3 is 6.36 Å². The molecule has 210 valence electrons. The molecule has 2 aromatic heterocycles. The number of ether oxygens (including phenoxy) is 1. The number of alkyl halides is 3. The standard InChI is InChI=1S/C26H27F3N8O3/c1-30-25(39)22-16-37(36-34-22)10-3-2-6-20-8-9-23(35-33-20)32-24(38)12-17-11-19(15-31-14-17)18-5-4-7-21(13-18)40-26(27,28)29/h4-5,7-9,11,13-16,34,36H,2-3,6,10,12H2,1H3,(H,30,39)(H,32,35,38). The van der Waals surface area contributed by atoms with Crippen molar-refractivity contribution in [2.45, 2.75) is 32.0 Å². The minimum absolute atomic E-state index is 0.0154. The highest BCUT2D eigenvalue weighted by Gasteiger charge is 2.31. The first-order valence-corrected chi connectivity index (χ1v) is 12.3. The maximum atomic E-state index is 12.5. The number of amides is 2. The molecule has 11 nitrogen and oxygen atoms in total. The molecule has 14 heteroatoms. The van der Waals surface area contributed by atoms with Crippen LogP contribution < -0.4 is 26.3 Å². The van der Waals surface area contributed by atoms with Gasteiger partial charge in [-0.25, -0.2) is 0 Å². The number of halogens is 3. The van der Waals surface area contributed by atoms with E-state index in [4.69, 9.17) is 0 Å². The lowest BCUT2D eigenvalue weighted by Gasteiger charge is -2.14. The summed E-state index contributed by atoms with van der Waals surface area (Å²) in [6, 6.07) is 10.7. The fraction of sp³-hybridized carbons (Fsp3) is 0.269. The number of nitrogens with one attached hydrogen (secondary N) is 4. The maximum absolute atomic E-state index is 12.5. The molecule has 0 radical (unpaired) electrons. The van der Waals surface area contributed by atoms with E-state index in [-0.39, 0.29) is 24.0 Å². The molecule has 0 spiro atoms. The molecule has 3 aromatic rings. The van der Waals surface area contributed by atoms with Crippen LogP contribution in [0.2, 0.25) is 0 Å². The first-order valence-electron chi connectivity index (χ1n) is 12.3. The Morgan fingerprint density at radius 1 is 1.05 bits per heavy atom. The smallest absolute Gasteiger partial charge is 0.406 e. The van der Waals surface area contributed by atoms with Crippen molar-refractivity contribution in [1.82, 2.24) is 36.5 Å². The number of hydrogen-bond donors (Lipinski definition) is 4. The fourth-order valence-corrected chi connectivity index (χ4v) is 3.86. The lowest BCUT2D eigenvalue weighted by molar-refractivity contribution is -0.274. The zero-order chi connectivity index (χ0) is 28.5. The van der Waals surface area contributed by atoms with E-state index in [1.54, 1.807) is 42.5 Å². The Morgan fingerprint density at radius 2 is 1.90 bits per heavy atom. The van der Waals surface area contributed by atoms with Crippen LogP contribution >= 0.6 is 0 Å². The Hall–Kier alpha value is -4.72. The van der Waals surface area contributed by atoms with Crippen molar-refractivity contribution in [3.8, 4) is 16.9 Å². The number of unbranched alkanes of at least 4 members (excludes halogenated alkanes) is 1. The summed E-state index contributed by atoms with van der Waals surface area (Å²) in [6.07, 6.45) is 2.29. The topological polar surface area (TPSA) is 133 Å². The zero-order valence-electron chi connectivity index (χ0n) is 21.5. The van der Waals surface area contributed by atoms with E-state index in [0.29, 0.717) is 41.2 Å². The summed E-state index contributed by atoms with van der Waals surface area (Å²) in [4.78, 5) is 28.2. The third kappa shape index (κ3) is 8.39. The van der Waals surface area contributed by atoms with E-state index >= 15 is 0 Å². The van der Waals surface area contributed by atoms with Crippen LogP contribution in [0.4, 0.5) is 19.0 Å². The summed E-state index contributed by atoms with van der Waals surface area (Å²) < 4.78 is 41.6. The highest BCUT2D eigenvalue weighted by Crippen LogP contribution is 2.28. The van der Waals surface area contributed by atoms with E-state index < -0.39 is 6.36 Å². The number of pyridine rings is 1. The Labute approximate surface area is 227 Å². The minimum Gasteiger partial charge on any atom is -0.406 e. The van der Waals surface area contributed by atoms with Gasteiger partial charge in [-0.1, -0.05) is 12.1 Å². The van der Waals surface area contributed by atoms with Crippen LogP contribution in [0, 0.1) is 0 Å². The zero-order valence-corrected chi connectivity index (χ0v) is 21.5. The van der Waals surface area contributed by atoms with Gasteiger partial charge in [-0.05, 0) is 60.7 Å². The number of rotatable bonds is 11. The summed E-state index contributed by atoms with van der Waals surface area (Å²) in [7, 11) is 1.56. The Morgan fingerprint density at radius 3 is 2.65 bits per heavy atom. The van der Waals surface area contributed by atoms with Crippen LogP contribution in [0.15, 0.2) is 66.8 Å². The molecule has 0 atom stereocenters. The largest absolute Gasteiger partial charge is 0.573 e. The highest BCUT2D eigenvalue weighted by molar-refractivity contribution is 5.92. The molecule has 0 fully saturated rings. The van der Waals surface area contributed by atoms with Crippen molar-refractivity contribution in [1.29, 1.82) is 0 Å². The number of hydrogen-bond acceptors (Lipinski definition) is 9. The summed E-state index contributed by atoms with van der Waals surface area (Å²) in [5, 5.41) is 15.3. The number of anilines is 1. The Kier molecular flexibility index (Phi) is 9.11. The fourth-order valence-electron chi connectivity index (χ4n) is 3.86. The van der Waals surface area contributed by atoms with Crippen LogP contribution in [0.1, 0.15) is 24.1 Å². The van der Waals surface area contributed by atoms with Crippen molar-refractivity contribution in [2.24, 2.45) is 0 Å². The van der Waals surface area contributed by atoms with E-state index in [2.05, 4.69) is 41.5 Å². The second kappa shape index (κ2) is 12.9. The number of carbonyl (C=O) groups excluding carboxylic acids is 2. The molecule has 40 heavy (non-hydrogen) atoms. The van der Waals surface area contributed by atoms with Gasteiger partial charge in [0.1, 0.15) is 11.4 Å². The van der Waals surface area contributed by atoms with Gasteiger partial charge in [0.05, 0.1) is 12.1 Å². The predicted molar refractivity (Wildman–Crippen MR) is 139 cm³/mol. The number of hydrazine groups is 2. The highest BCUT2D eigenvalue weighted by atomic mass is 19.4. The molecule has 0 saturated heterocycles. The normalized spacial score (nSPS) is 12.9. The van der Waals surface area contributed by atoms with E-state index in [1.165, 1.54) is 30.6 Å². The number of likely N-dealkylation sites (N-methyl/N-ethyl adjacent to an activating group) is 1. The Bertz CT molecular complexity index is 1370. The van der Waals surface area contributed by atoms with E-state index in [9.17, 15) is 22.8 Å². The van der Waals surface area contributed by atoms with Gasteiger partial charge in [0.15, 0.2) is 5.82 Å². The predicted octanol–water partition coefficient (Wildman–Crippen LogP) is 2.85. The van der Waals surface area contributed by atoms with Gasteiger partial charge in [-0.2, -0.15) is 5.10 Å². The van der Waals surface area contributed by atoms with Gasteiger partial charge in [0.25, 0.3) is 5.91 Å². The molecule has 1 aromatic carbocycles. The third-order valence-electron chi connectivity index (χ3n) is 5.72. The molecule has 0 aliphatic carbocycles. The van der Waals surface area contributed by atoms with Gasteiger partial charge in [0.2, 0.25) is 5.91 Å². The van der Waals surface area contributed by atoms with Crippen LogP contribution in [-0.2, 0) is 22.4 Å². The van der Waals surface area contributed by atoms with Crippen molar-refractivity contribution in [3.05, 3.63) is 78.0 Å². The summed E-state index contributed by atoms with van der Waals surface area (Å²) in [5.41, 5.74) is 8.50.